The van der Waals surface area contributed by atoms with Crippen molar-refractivity contribution < 1.29 is 14.2 Å². The standard InChI is InChI=1S/C21H24O3/c1-5-22-19-16(4)15-18(14-13-17-11-9-8-10-12-17)20(23-6-2)21(19)24-7-3/h8-12,15H,5-7H2,1-4H3. The van der Waals surface area contributed by atoms with Gasteiger partial charge in [0.15, 0.2) is 11.5 Å². The summed E-state index contributed by atoms with van der Waals surface area (Å²) in [7, 11) is 0. The zero-order chi connectivity index (χ0) is 17.4. The molecule has 126 valence electrons. The predicted octanol–water partition coefficient (Wildman–Crippen LogP) is 4.59. The normalized spacial score (nSPS) is 9.83. The van der Waals surface area contributed by atoms with E-state index in [1.165, 1.54) is 0 Å². The number of hydrogen-bond acceptors (Lipinski definition) is 3. The summed E-state index contributed by atoms with van der Waals surface area (Å²) in [5.74, 6) is 8.41. The molecule has 0 saturated carbocycles. The number of benzene rings is 2. The molecule has 0 saturated heterocycles. The Morgan fingerprint density at radius 1 is 0.750 bits per heavy atom. The fraction of sp³-hybridized carbons (Fsp3) is 0.333. The minimum atomic E-state index is 0.536. The Morgan fingerprint density at radius 2 is 1.33 bits per heavy atom. The second-order valence-corrected chi connectivity index (χ2v) is 5.14. The van der Waals surface area contributed by atoms with E-state index in [0.717, 1.165) is 22.4 Å². The predicted molar refractivity (Wildman–Crippen MR) is 97.1 cm³/mol. The first-order valence-electron chi connectivity index (χ1n) is 8.34. The molecule has 0 unspecified atom stereocenters. The zero-order valence-electron chi connectivity index (χ0n) is 14.8. The topological polar surface area (TPSA) is 27.7 Å². The van der Waals surface area contributed by atoms with Gasteiger partial charge in [-0.3, -0.25) is 0 Å². The molecule has 3 nitrogen and oxygen atoms in total. The van der Waals surface area contributed by atoms with Gasteiger partial charge in [0, 0.05) is 5.56 Å². The third kappa shape index (κ3) is 4.23. The van der Waals surface area contributed by atoms with Crippen LogP contribution in [0.25, 0.3) is 0 Å². The maximum atomic E-state index is 5.84. The highest BCUT2D eigenvalue weighted by Gasteiger charge is 2.19. The molecule has 2 aromatic carbocycles. The van der Waals surface area contributed by atoms with Crippen LogP contribution in [0.15, 0.2) is 36.4 Å². The van der Waals surface area contributed by atoms with Crippen LogP contribution in [0.2, 0.25) is 0 Å². The Morgan fingerprint density at radius 3 is 1.96 bits per heavy atom. The number of hydrogen-bond donors (Lipinski definition) is 0. The zero-order valence-corrected chi connectivity index (χ0v) is 14.8. The van der Waals surface area contributed by atoms with E-state index in [2.05, 4.69) is 11.8 Å². The van der Waals surface area contributed by atoms with Crippen LogP contribution < -0.4 is 14.2 Å². The molecule has 2 rings (SSSR count). The second kappa shape index (κ2) is 8.88. The largest absolute Gasteiger partial charge is 0.490 e. The molecule has 0 atom stereocenters. The highest BCUT2D eigenvalue weighted by Crippen LogP contribution is 2.42. The van der Waals surface area contributed by atoms with Gasteiger partial charge in [-0.25, -0.2) is 0 Å². The van der Waals surface area contributed by atoms with Crippen molar-refractivity contribution in [1.82, 2.24) is 0 Å². The van der Waals surface area contributed by atoms with Crippen LogP contribution in [0, 0.1) is 18.8 Å². The van der Waals surface area contributed by atoms with E-state index in [0.29, 0.717) is 31.3 Å². The van der Waals surface area contributed by atoms with Crippen molar-refractivity contribution in [3.63, 3.8) is 0 Å². The van der Waals surface area contributed by atoms with E-state index >= 15 is 0 Å². The molecule has 0 aromatic heterocycles. The van der Waals surface area contributed by atoms with Gasteiger partial charge in [-0.1, -0.05) is 30.0 Å². The molecule has 0 fully saturated rings. The molecule has 2 aromatic rings. The Bertz CT molecular complexity index is 724. The van der Waals surface area contributed by atoms with Crippen LogP contribution >= 0.6 is 0 Å². The second-order valence-electron chi connectivity index (χ2n) is 5.14. The van der Waals surface area contributed by atoms with E-state index in [1.807, 2.05) is 64.1 Å². The van der Waals surface area contributed by atoms with Crippen molar-refractivity contribution in [2.24, 2.45) is 0 Å². The van der Waals surface area contributed by atoms with Gasteiger partial charge in [0.2, 0.25) is 5.75 Å². The maximum absolute atomic E-state index is 5.84. The van der Waals surface area contributed by atoms with Crippen molar-refractivity contribution >= 4 is 0 Å². The SMILES string of the molecule is CCOc1c(C)cc(C#Cc2ccccc2)c(OCC)c1OCC. The lowest BCUT2D eigenvalue weighted by Crippen LogP contribution is -2.05. The van der Waals surface area contributed by atoms with Crippen LogP contribution in [0.4, 0.5) is 0 Å². The van der Waals surface area contributed by atoms with Crippen molar-refractivity contribution in [1.29, 1.82) is 0 Å². The molecule has 0 amide bonds. The molecule has 3 heteroatoms. The first kappa shape index (κ1) is 17.7. The van der Waals surface area contributed by atoms with Gasteiger partial charge < -0.3 is 14.2 Å². The highest BCUT2D eigenvalue weighted by molar-refractivity contribution is 5.64. The molecule has 0 aliphatic carbocycles. The van der Waals surface area contributed by atoms with Crippen LogP contribution in [-0.4, -0.2) is 19.8 Å². The average molecular weight is 324 g/mol. The Kier molecular flexibility index (Phi) is 6.57. The van der Waals surface area contributed by atoms with Gasteiger partial charge in [-0.2, -0.15) is 0 Å². The van der Waals surface area contributed by atoms with E-state index in [-0.39, 0.29) is 0 Å². The van der Waals surface area contributed by atoms with Crippen LogP contribution in [0.3, 0.4) is 0 Å². The Balaban J connectivity index is 2.56. The van der Waals surface area contributed by atoms with Crippen LogP contribution in [0.1, 0.15) is 37.5 Å². The first-order chi connectivity index (χ1) is 11.7. The summed E-state index contributed by atoms with van der Waals surface area (Å²) in [5.41, 5.74) is 2.76. The van der Waals surface area contributed by atoms with Gasteiger partial charge in [-0.15, -0.1) is 0 Å². The first-order valence-corrected chi connectivity index (χ1v) is 8.34. The molecule has 0 bridgehead atoms. The summed E-state index contributed by atoms with van der Waals surface area (Å²) in [6, 6.07) is 11.9. The van der Waals surface area contributed by atoms with Gasteiger partial charge in [0.25, 0.3) is 0 Å². The van der Waals surface area contributed by atoms with Crippen LogP contribution in [0.5, 0.6) is 17.2 Å². The fourth-order valence-electron chi connectivity index (χ4n) is 2.39. The van der Waals surface area contributed by atoms with Gasteiger partial charge in [0.05, 0.1) is 25.4 Å². The molecule has 0 aliphatic rings. The molecular formula is C21H24O3. The monoisotopic (exact) mass is 324 g/mol. The lowest BCUT2D eigenvalue weighted by atomic mass is 10.1. The number of aryl methyl sites for hydroxylation is 1. The average Bonchev–Trinajstić information content (AvgIpc) is 2.60. The smallest absolute Gasteiger partial charge is 0.205 e. The van der Waals surface area contributed by atoms with Gasteiger partial charge in [0.1, 0.15) is 0 Å². The summed E-state index contributed by atoms with van der Waals surface area (Å²) in [6.07, 6.45) is 0. The maximum Gasteiger partial charge on any atom is 0.205 e. The van der Waals surface area contributed by atoms with Gasteiger partial charge >= 0.3 is 0 Å². The van der Waals surface area contributed by atoms with Crippen molar-refractivity contribution in [3.05, 3.63) is 53.1 Å². The third-order valence-corrected chi connectivity index (χ3v) is 3.36. The highest BCUT2D eigenvalue weighted by atomic mass is 16.5. The lowest BCUT2D eigenvalue weighted by molar-refractivity contribution is 0.259. The van der Waals surface area contributed by atoms with E-state index in [4.69, 9.17) is 14.2 Å². The Labute approximate surface area is 144 Å². The molecule has 0 radical (unpaired) electrons. The van der Waals surface area contributed by atoms with E-state index < -0.39 is 0 Å². The van der Waals surface area contributed by atoms with Gasteiger partial charge in [-0.05, 0) is 51.5 Å². The van der Waals surface area contributed by atoms with E-state index in [9.17, 15) is 0 Å². The summed E-state index contributed by atoms with van der Waals surface area (Å²) in [5, 5.41) is 0. The molecule has 0 spiro atoms. The molecule has 0 N–H and O–H groups in total. The lowest BCUT2D eigenvalue weighted by Gasteiger charge is -2.18. The minimum Gasteiger partial charge on any atom is -0.490 e. The molecule has 0 heterocycles. The summed E-state index contributed by atoms with van der Waals surface area (Å²) >= 11 is 0. The van der Waals surface area contributed by atoms with Crippen molar-refractivity contribution in [3.8, 4) is 29.1 Å². The quantitative estimate of drug-likeness (QED) is 0.727. The molecular weight excluding hydrogens is 300 g/mol. The third-order valence-electron chi connectivity index (χ3n) is 3.36. The van der Waals surface area contributed by atoms with Crippen LogP contribution in [-0.2, 0) is 0 Å². The minimum absolute atomic E-state index is 0.536. The number of ether oxygens (including phenoxy) is 3. The van der Waals surface area contributed by atoms with Crippen molar-refractivity contribution in [2.75, 3.05) is 19.8 Å². The molecule has 0 aliphatic heterocycles. The summed E-state index contributed by atoms with van der Waals surface area (Å²) < 4.78 is 17.4. The molecule has 24 heavy (non-hydrogen) atoms. The summed E-state index contributed by atoms with van der Waals surface area (Å²) in [6.45, 7) is 9.49. The summed E-state index contributed by atoms with van der Waals surface area (Å²) in [4.78, 5) is 0. The Hall–Kier alpha value is -2.60. The van der Waals surface area contributed by atoms with E-state index in [1.54, 1.807) is 0 Å². The number of rotatable bonds is 6. The van der Waals surface area contributed by atoms with Crippen molar-refractivity contribution in [2.45, 2.75) is 27.7 Å². The fourth-order valence-corrected chi connectivity index (χ4v) is 2.39.